The van der Waals surface area contributed by atoms with E-state index in [1.54, 1.807) is 0 Å². The molecule has 0 saturated carbocycles. The topological polar surface area (TPSA) is 9.86 Å². The third kappa shape index (κ3) is 5.42. The number of fused-ring (bicyclic) bond motifs is 10. The quantitative estimate of drug-likeness (QED) is 0.153. The molecule has 0 saturated heterocycles. The van der Waals surface area contributed by atoms with Crippen molar-refractivity contribution in [1.82, 2.24) is 9.13 Å². The molecule has 0 unspecified atom stereocenters. The summed E-state index contributed by atoms with van der Waals surface area (Å²) < 4.78 is 4.92. The molecular formula is C64H42N2. The predicted octanol–water partition coefficient (Wildman–Crippen LogP) is 17.6. The van der Waals surface area contributed by atoms with Crippen molar-refractivity contribution in [2.24, 2.45) is 0 Å². The second-order valence-electron chi connectivity index (χ2n) is 17.8. The Morgan fingerprint density at radius 2 is 0.727 bits per heavy atom. The Balaban J connectivity index is 1.17. The summed E-state index contributed by atoms with van der Waals surface area (Å²) in [5, 5.41) is 15.0. The van der Waals surface area contributed by atoms with Crippen molar-refractivity contribution >= 4 is 92.3 Å². The molecule has 2 heteroatoms. The molecule has 0 atom stereocenters. The van der Waals surface area contributed by atoms with Gasteiger partial charge in [0.25, 0.3) is 0 Å². The van der Waals surface area contributed by atoms with Gasteiger partial charge >= 0.3 is 0 Å². The molecular weight excluding hydrogens is 797 g/mol. The van der Waals surface area contributed by atoms with E-state index in [4.69, 9.17) is 0 Å². The normalized spacial score (nSPS) is 13.1. The number of para-hydroxylation sites is 4. The van der Waals surface area contributed by atoms with Gasteiger partial charge in [-0.25, -0.2) is 0 Å². The molecule has 1 aliphatic rings. The van der Waals surface area contributed by atoms with Gasteiger partial charge < -0.3 is 9.13 Å². The highest BCUT2D eigenvalue weighted by Gasteiger charge is 2.23. The van der Waals surface area contributed by atoms with Crippen LogP contribution in [0.2, 0.25) is 0 Å². The lowest BCUT2D eigenvalue weighted by Gasteiger charge is -2.22. The van der Waals surface area contributed by atoms with Gasteiger partial charge in [0.05, 0.1) is 22.1 Å². The zero-order valence-corrected chi connectivity index (χ0v) is 36.2. The molecule has 14 rings (SSSR count). The lowest BCUT2D eigenvalue weighted by Crippen LogP contribution is -1.99. The maximum absolute atomic E-state index is 2.48. The van der Waals surface area contributed by atoms with Crippen LogP contribution in [0.1, 0.15) is 18.4 Å². The van der Waals surface area contributed by atoms with Gasteiger partial charge in [0, 0.05) is 32.9 Å². The molecule has 66 heavy (non-hydrogen) atoms. The van der Waals surface area contributed by atoms with Crippen LogP contribution in [0.4, 0.5) is 0 Å². The summed E-state index contributed by atoms with van der Waals surface area (Å²) in [6, 6.07) is 79.4. The van der Waals surface area contributed by atoms with Crippen LogP contribution in [-0.2, 0) is 0 Å². The van der Waals surface area contributed by atoms with Gasteiger partial charge in [0.15, 0.2) is 0 Å². The van der Waals surface area contributed by atoms with Crippen LogP contribution in [0.15, 0.2) is 231 Å². The molecule has 0 N–H and O–H groups in total. The average Bonchev–Trinajstić information content (AvgIpc) is 3.91. The van der Waals surface area contributed by atoms with Crippen molar-refractivity contribution in [2.45, 2.75) is 12.8 Å². The minimum Gasteiger partial charge on any atom is -0.309 e. The maximum atomic E-state index is 2.48. The molecule has 0 bridgehead atoms. The van der Waals surface area contributed by atoms with Crippen LogP contribution >= 0.6 is 0 Å². The highest BCUT2D eigenvalue weighted by Crippen LogP contribution is 2.49. The Morgan fingerprint density at radius 1 is 0.303 bits per heavy atom. The Hall–Kier alpha value is -8.46. The molecule has 1 aliphatic carbocycles. The largest absolute Gasteiger partial charge is 0.309 e. The van der Waals surface area contributed by atoms with Crippen LogP contribution in [0.25, 0.3) is 126 Å². The van der Waals surface area contributed by atoms with Crippen molar-refractivity contribution in [1.29, 1.82) is 0 Å². The van der Waals surface area contributed by atoms with E-state index in [9.17, 15) is 0 Å². The number of nitrogens with zero attached hydrogens (tertiary/aromatic N) is 2. The number of hydrogen-bond acceptors (Lipinski definition) is 0. The Kier molecular flexibility index (Phi) is 8.14. The summed E-state index contributed by atoms with van der Waals surface area (Å²) in [6.45, 7) is 0. The first kappa shape index (κ1) is 37.0. The van der Waals surface area contributed by atoms with E-state index < -0.39 is 0 Å². The van der Waals surface area contributed by atoms with E-state index in [1.165, 1.54) is 120 Å². The van der Waals surface area contributed by atoms with E-state index in [0.717, 1.165) is 24.2 Å². The summed E-state index contributed by atoms with van der Waals surface area (Å²) in [5.74, 6) is 0. The zero-order chi connectivity index (χ0) is 43.3. The van der Waals surface area contributed by atoms with Crippen LogP contribution in [0, 0.1) is 0 Å². The monoisotopic (exact) mass is 838 g/mol. The smallest absolute Gasteiger partial charge is 0.0541 e. The van der Waals surface area contributed by atoms with Crippen LogP contribution in [-0.4, -0.2) is 9.13 Å². The van der Waals surface area contributed by atoms with Gasteiger partial charge in [-0.1, -0.05) is 182 Å². The maximum Gasteiger partial charge on any atom is 0.0541 e. The van der Waals surface area contributed by atoms with Crippen molar-refractivity contribution in [2.75, 3.05) is 0 Å². The number of allylic oxidation sites excluding steroid dienone is 4. The van der Waals surface area contributed by atoms with Gasteiger partial charge in [0.1, 0.15) is 0 Å². The molecule has 0 amide bonds. The summed E-state index contributed by atoms with van der Waals surface area (Å²) in [6.07, 6.45) is 8.91. The molecule has 308 valence electrons. The lowest BCUT2D eigenvalue weighted by molar-refractivity contribution is 1.06. The third-order valence-electron chi connectivity index (χ3n) is 14.4. The second-order valence-corrected chi connectivity index (χ2v) is 17.8. The first-order valence-corrected chi connectivity index (χ1v) is 23.2. The molecule has 0 aliphatic heterocycles. The number of hydrogen-bond donors (Lipinski definition) is 0. The van der Waals surface area contributed by atoms with Crippen LogP contribution < -0.4 is 0 Å². The van der Waals surface area contributed by atoms with Crippen molar-refractivity contribution in [3.63, 3.8) is 0 Å². The summed E-state index contributed by atoms with van der Waals surface area (Å²) in [5.41, 5.74) is 14.8. The number of aromatic nitrogens is 2. The van der Waals surface area contributed by atoms with Crippen LogP contribution in [0.5, 0.6) is 0 Å². The average molecular weight is 839 g/mol. The minimum atomic E-state index is 1.04. The van der Waals surface area contributed by atoms with E-state index >= 15 is 0 Å². The van der Waals surface area contributed by atoms with E-state index in [0.29, 0.717) is 0 Å². The minimum absolute atomic E-state index is 1.04. The molecule has 2 nitrogen and oxygen atoms in total. The van der Waals surface area contributed by atoms with Gasteiger partial charge in [-0.15, -0.1) is 0 Å². The molecule has 0 fully saturated rings. The summed E-state index contributed by atoms with van der Waals surface area (Å²) >= 11 is 0. The molecule has 13 aromatic rings. The number of rotatable bonds is 5. The molecule has 2 heterocycles. The fourth-order valence-corrected chi connectivity index (χ4v) is 11.5. The molecule has 11 aromatic carbocycles. The van der Waals surface area contributed by atoms with Crippen molar-refractivity contribution in [3.8, 4) is 33.6 Å². The first-order chi connectivity index (χ1) is 32.8. The molecule has 2 aromatic heterocycles. The van der Waals surface area contributed by atoms with Gasteiger partial charge in [-0.3, -0.25) is 0 Å². The third-order valence-corrected chi connectivity index (χ3v) is 14.4. The van der Waals surface area contributed by atoms with Crippen molar-refractivity contribution in [3.05, 3.63) is 236 Å². The highest BCUT2D eigenvalue weighted by molar-refractivity contribution is 6.26. The predicted molar refractivity (Wildman–Crippen MR) is 282 cm³/mol. The Morgan fingerprint density at radius 3 is 1.24 bits per heavy atom. The molecule has 0 spiro atoms. The zero-order valence-electron chi connectivity index (χ0n) is 36.2. The second kappa shape index (κ2) is 14.5. The van der Waals surface area contributed by atoms with E-state index in [1.807, 2.05) is 0 Å². The van der Waals surface area contributed by atoms with Gasteiger partial charge in [0.2, 0.25) is 0 Å². The van der Waals surface area contributed by atoms with E-state index in [-0.39, 0.29) is 0 Å². The SMILES string of the molecule is C1=CCCC(c2ccc(-c3c4ccc(-n5c6ccccc6c6ccccc65)cc4c(-c4cccc5ccccc45)c4ccc(-n5c6ccccc6c6ccccc65)cc34)c3ccccc23)=C1. The highest BCUT2D eigenvalue weighted by atomic mass is 15.0. The van der Waals surface area contributed by atoms with Gasteiger partial charge in [-0.2, -0.15) is 0 Å². The summed E-state index contributed by atoms with van der Waals surface area (Å²) in [7, 11) is 0. The standard InChI is InChI=1S/C64H42N2/c1-2-17-41(18-3-1)46-37-38-54(48-23-7-6-22-47(46)48)64-56-36-34-43(65-59-29-12-8-24-49(59)50-25-9-13-30-60(50)65)39-57(56)63(53-28-16-20-42-19-4-5-21-45(42)53)55-35-33-44(40-58(55)64)66-61-31-14-10-26-51(61)52-27-11-15-32-62(52)66/h1-2,4-17,19-40H,3,18H2. The molecule has 0 radical (unpaired) electrons. The number of benzene rings is 11. The fraction of sp³-hybridized carbons (Fsp3) is 0.0312. The van der Waals surface area contributed by atoms with E-state index in [2.05, 4.69) is 240 Å². The lowest BCUT2D eigenvalue weighted by atomic mass is 9.82. The van der Waals surface area contributed by atoms with Crippen LogP contribution in [0.3, 0.4) is 0 Å². The van der Waals surface area contributed by atoms with Gasteiger partial charge in [-0.05, 0) is 138 Å². The van der Waals surface area contributed by atoms with Crippen molar-refractivity contribution < 1.29 is 0 Å². The first-order valence-electron chi connectivity index (χ1n) is 23.2. The fourth-order valence-electron chi connectivity index (χ4n) is 11.5. The summed E-state index contributed by atoms with van der Waals surface area (Å²) in [4.78, 5) is 0. The Labute approximate surface area is 382 Å². The Bertz CT molecular complexity index is 4120.